The molecule has 0 radical (unpaired) electrons. The summed E-state index contributed by atoms with van der Waals surface area (Å²) in [5, 5.41) is 6.75. The standard InChI is InChI=1S/C15H17N3O2/c1-9-5-7-12(8-6-9)16-15(20)14(19)13-10(2)17-18(4)11(13)3/h5-8H,1-4H3,(H,16,20). The summed E-state index contributed by atoms with van der Waals surface area (Å²) in [6, 6.07) is 7.29. The molecule has 5 heteroatoms. The minimum atomic E-state index is -0.645. The zero-order valence-electron chi connectivity index (χ0n) is 12.0. The van der Waals surface area contributed by atoms with Gasteiger partial charge >= 0.3 is 0 Å². The summed E-state index contributed by atoms with van der Waals surface area (Å²) in [5.74, 6) is -1.21. The van der Waals surface area contributed by atoms with E-state index in [9.17, 15) is 9.59 Å². The second-order valence-electron chi connectivity index (χ2n) is 4.82. The van der Waals surface area contributed by atoms with Crippen LogP contribution in [0.4, 0.5) is 5.69 Å². The molecule has 0 saturated carbocycles. The molecular weight excluding hydrogens is 254 g/mol. The lowest BCUT2D eigenvalue weighted by Gasteiger charge is -2.05. The first-order chi connectivity index (χ1) is 9.40. The number of aryl methyl sites for hydroxylation is 3. The number of hydrogen-bond acceptors (Lipinski definition) is 3. The highest BCUT2D eigenvalue weighted by atomic mass is 16.2. The van der Waals surface area contributed by atoms with Gasteiger partial charge in [-0.25, -0.2) is 0 Å². The van der Waals surface area contributed by atoms with Crippen molar-refractivity contribution in [2.75, 3.05) is 5.32 Å². The highest BCUT2D eigenvalue weighted by molar-refractivity contribution is 6.47. The van der Waals surface area contributed by atoms with Gasteiger partial charge in [0.2, 0.25) is 0 Å². The van der Waals surface area contributed by atoms with Gasteiger partial charge in [0.1, 0.15) is 0 Å². The molecular formula is C15H17N3O2. The first-order valence-corrected chi connectivity index (χ1v) is 6.32. The van der Waals surface area contributed by atoms with E-state index in [1.807, 2.05) is 19.1 Å². The van der Waals surface area contributed by atoms with Crippen molar-refractivity contribution in [3.05, 3.63) is 46.8 Å². The van der Waals surface area contributed by atoms with Gasteiger partial charge < -0.3 is 5.32 Å². The molecule has 0 aliphatic heterocycles. The van der Waals surface area contributed by atoms with Crippen LogP contribution in [-0.4, -0.2) is 21.5 Å². The summed E-state index contributed by atoms with van der Waals surface area (Å²) < 4.78 is 1.60. The molecule has 1 N–H and O–H groups in total. The topological polar surface area (TPSA) is 64.0 Å². The third-order valence-corrected chi connectivity index (χ3v) is 3.25. The van der Waals surface area contributed by atoms with E-state index >= 15 is 0 Å². The second kappa shape index (κ2) is 5.28. The number of nitrogens with zero attached hydrogens (tertiary/aromatic N) is 2. The average Bonchev–Trinajstić information content (AvgIpc) is 2.65. The number of rotatable bonds is 3. The van der Waals surface area contributed by atoms with Gasteiger partial charge in [-0.1, -0.05) is 17.7 Å². The lowest BCUT2D eigenvalue weighted by Crippen LogP contribution is -2.24. The number of nitrogens with one attached hydrogen (secondary N) is 1. The maximum Gasteiger partial charge on any atom is 0.296 e. The number of carbonyl (C=O) groups excluding carboxylic acids is 2. The van der Waals surface area contributed by atoms with Crippen LogP contribution in [0.2, 0.25) is 0 Å². The average molecular weight is 271 g/mol. The fourth-order valence-corrected chi connectivity index (χ4v) is 2.04. The van der Waals surface area contributed by atoms with Crippen LogP contribution in [0.25, 0.3) is 0 Å². The second-order valence-corrected chi connectivity index (χ2v) is 4.82. The van der Waals surface area contributed by atoms with Gasteiger partial charge in [-0.3, -0.25) is 14.3 Å². The summed E-state index contributed by atoms with van der Waals surface area (Å²) in [6.07, 6.45) is 0. The Morgan fingerprint density at radius 3 is 2.20 bits per heavy atom. The number of anilines is 1. The molecule has 0 spiro atoms. The lowest BCUT2D eigenvalue weighted by atomic mass is 10.1. The Hall–Kier alpha value is -2.43. The molecule has 20 heavy (non-hydrogen) atoms. The Morgan fingerprint density at radius 1 is 1.10 bits per heavy atom. The van der Waals surface area contributed by atoms with Crippen LogP contribution in [0, 0.1) is 20.8 Å². The van der Waals surface area contributed by atoms with E-state index in [-0.39, 0.29) is 0 Å². The Kier molecular flexibility index (Phi) is 3.70. The van der Waals surface area contributed by atoms with Gasteiger partial charge in [0, 0.05) is 18.4 Å². The Morgan fingerprint density at radius 2 is 1.70 bits per heavy atom. The lowest BCUT2D eigenvalue weighted by molar-refractivity contribution is -0.112. The molecule has 0 saturated heterocycles. The van der Waals surface area contributed by atoms with Gasteiger partial charge in [-0.05, 0) is 32.9 Å². The number of aromatic nitrogens is 2. The van der Waals surface area contributed by atoms with Crippen LogP contribution >= 0.6 is 0 Å². The fraction of sp³-hybridized carbons (Fsp3) is 0.267. The largest absolute Gasteiger partial charge is 0.319 e. The summed E-state index contributed by atoms with van der Waals surface area (Å²) in [7, 11) is 1.75. The Labute approximate surface area is 117 Å². The van der Waals surface area contributed by atoms with E-state index in [0.717, 1.165) is 5.56 Å². The van der Waals surface area contributed by atoms with E-state index in [2.05, 4.69) is 10.4 Å². The van der Waals surface area contributed by atoms with Crippen molar-refractivity contribution in [1.82, 2.24) is 9.78 Å². The molecule has 0 fully saturated rings. The van der Waals surface area contributed by atoms with Gasteiger partial charge in [0.15, 0.2) is 0 Å². The van der Waals surface area contributed by atoms with Crippen molar-refractivity contribution in [1.29, 1.82) is 0 Å². The molecule has 1 aromatic heterocycles. The van der Waals surface area contributed by atoms with Crippen molar-refractivity contribution >= 4 is 17.4 Å². The van der Waals surface area contributed by atoms with E-state index < -0.39 is 11.7 Å². The van der Waals surface area contributed by atoms with Gasteiger partial charge in [0.25, 0.3) is 11.7 Å². The van der Waals surface area contributed by atoms with Crippen LogP contribution < -0.4 is 5.32 Å². The molecule has 2 aromatic rings. The van der Waals surface area contributed by atoms with Crippen LogP contribution in [0.3, 0.4) is 0 Å². The van der Waals surface area contributed by atoms with Gasteiger partial charge in [0.05, 0.1) is 11.3 Å². The Bertz CT molecular complexity index is 669. The first-order valence-electron chi connectivity index (χ1n) is 6.32. The Balaban J connectivity index is 2.21. The minimum absolute atomic E-state index is 0.372. The van der Waals surface area contributed by atoms with Crippen molar-refractivity contribution in [2.24, 2.45) is 7.05 Å². The van der Waals surface area contributed by atoms with Crippen molar-refractivity contribution in [2.45, 2.75) is 20.8 Å². The van der Waals surface area contributed by atoms with Crippen molar-refractivity contribution < 1.29 is 9.59 Å². The molecule has 0 bridgehead atoms. The molecule has 2 rings (SSSR count). The zero-order valence-corrected chi connectivity index (χ0v) is 12.0. The third-order valence-electron chi connectivity index (χ3n) is 3.25. The summed E-state index contributed by atoms with van der Waals surface area (Å²) >= 11 is 0. The molecule has 104 valence electrons. The normalized spacial score (nSPS) is 10.4. The van der Waals surface area contributed by atoms with E-state index in [4.69, 9.17) is 0 Å². The number of ketones is 1. The summed E-state index contributed by atoms with van der Waals surface area (Å²) in [5.41, 5.74) is 3.32. The van der Waals surface area contributed by atoms with Crippen molar-refractivity contribution in [3.63, 3.8) is 0 Å². The van der Waals surface area contributed by atoms with Gasteiger partial charge in [-0.2, -0.15) is 5.10 Å². The molecule has 1 amide bonds. The maximum atomic E-state index is 12.2. The number of benzene rings is 1. The van der Waals surface area contributed by atoms with E-state index in [1.165, 1.54) is 0 Å². The number of Topliss-reactive ketones (excluding diaryl/α,β-unsaturated/α-hetero) is 1. The van der Waals surface area contributed by atoms with Crippen LogP contribution in [-0.2, 0) is 11.8 Å². The number of hydrogen-bond donors (Lipinski definition) is 1. The minimum Gasteiger partial charge on any atom is -0.319 e. The van der Waals surface area contributed by atoms with Gasteiger partial charge in [-0.15, -0.1) is 0 Å². The third kappa shape index (κ3) is 2.61. The monoisotopic (exact) mass is 271 g/mol. The van der Waals surface area contributed by atoms with Crippen molar-refractivity contribution in [3.8, 4) is 0 Å². The molecule has 0 atom stereocenters. The molecule has 0 aliphatic rings. The van der Waals surface area contributed by atoms with Crippen LogP contribution in [0.15, 0.2) is 24.3 Å². The molecule has 5 nitrogen and oxygen atoms in total. The fourth-order valence-electron chi connectivity index (χ4n) is 2.04. The predicted octanol–water partition coefficient (Wildman–Crippen LogP) is 2.17. The molecule has 0 aliphatic carbocycles. The highest BCUT2D eigenvalue weighted by Crippen LogP contribution is 2.14. The molecule has 1 heterocycles. The number of amides is 1. The van der Waals surface area contributed by atoms with Crippen LogP contribution in [0.1, 0.15) is 27.3 Å². The van der Waals surface area contributed by atoms with E-state index in [1.54, 1.807) is 37.7 Å². The van der Waals surface area contributed by atoms with Crippen LogP contribution in [0.5, 0.6) is 0 Å². The SMILES string of the molecule is Cc1ccc(NC(=O)C(=O)c2c(C)nn(C)c2C)cc1. The summed E-state index contributed by atoms with van der Waals surface area (Å²) in [6.45, 7) is 5.45. The quantitative estimate of drug-likeness (QED) is 0.687. The van der Waals surface area contributed by atoms with E-state index in [0.29, 0.717) is 22.6 Å². The highest BCUT2D eigenvalue weighted by Gasteiger charge is 2.23. The number of carbonyl (C=O) groups is 2. The zero-order chi connectivity index (χ0) is 14.9. The maximum absolute atomic E-state index is 12.2. The predicted molar refractivity (Wildman–Crippen MR) is 76.8 cm³/mol. The smallest absolute Gasteiger partial charge is 0.296 e. The molecule has 0 unspecified atom stereocenters. The summed E-state index contributed by atoms with van der Waals surface area (Å²) in [4.78, 5) is 24.2. The first kappa shape index (κ1) is 14.0. The molecule has 1 aromatic carbocycles.